The van der Waals surface area contributed by atoms with Crippen molar-refractivity contribution in [2.24, 2.45) is 0 Å². The van der Waals surface area contributed by atoms with E-state index < -0.39 is 0 Å². The van der Waals surface area contributed by atoms with Crippen molar-refractivity contribution in [1.82, 2.24) is 0 Å². The third-order valence-electron chi connectivity index (χ3n) is 12.6. The van der Waals surface area contributed by atoms with E-state index in [1.54, 1.807) is 0 Å². The van der Waals surface area contributed by atoms with E-state index in [0.717, 1.165) is 29.9 Å². The zero-order valence-electron chi connectivity index (χ0n) is 34.5. The Morgan fingerprint density at radius 1 is 0.349 bits per heavy atom. The SMILES string of the molecule is C1=CCCC(c2cccc(N(c3ccc(-c4ccc(-c5cccc6c5sc5ccccc56)cc4)cc3)c3ccc(-c4ccc(-c5cccc6c5sc5ccccc56)cc4)cc3)c2)=C1. The van der Waals surface area contributed by atoms with Crippen LogP contribution >= 0.6 is 22.7 Å². The van der Waals surface area contributed by atoms with Gasteiger partial charge in [0.1, 0.15) is 0 Å². The van der Waals surface area contributed by atoms with Gasteiger partial charge in [-0.2, -0.15) is 0 Å². The fourth-order valence-corrected chi connectivity index (χ4v) is 11.9. The summed E-state index contributed by atoms with van der Waals surface area (Å²) in [6.07, 6.45) is 8.83. The Bertz CT molecular complexity index is 3330. The van der Waals surface area contributed by atoms with Gasteiger partial charge in [-0.1, -0.05) is 176 Å². The Morgan fingerprint density at radius 2 is 0.794 bits per heavy atom. The highest BCUT2D eigenvalue weighted by Gasteiger charge is 2.17. The van der Waals surface area contributed by atoms with Crippen molar-refractivity contribution >= 4 is 85.7 Å². The van der Waals surface area contributed by atoms with E-state index in [1.165, 1.54) is 96.0 Å². The topological polar surface area (TPSA) is 3.24 Å². The predicted octanol–water partition coefficient (Wildman–Crippen LogP) is 18.3. The molecule has 298 valence electrons. The molecule has 11 aromatic rings. The molecule has 0 saturated heterocycles. The molecule has 0 unspecified atom stereocenters. The Hall–Kier alpha value is -7.30. The summed E-state index contributed by atoms with van der Waals surface area (Å²) >= 11 is 3.76. The molecule has 2 heterocycles. The maximum atomic E-state index is 2.39. The number of hydrogen-bond acceptors (Lipinski definition) is 3. The molecule has 12 rings (SSSR count). The van der Waals surface area contributed by atoms with Crippen LogP contribution < -0.4 is 4.90 Å². The smallest absolute Gasteiger partial charge is 0.0467 e. The first-order valence-corrected chi connectivity index (χ1v) is 23.3. The number of anilines is 3. The predicted molar refractivity (Wildman–Crippen MR) is 275 cm³/mol. The monoisotopic (exact) mass is 839 g/mol. The molecule has 0 N–H and O–H groups in total. The summed E-state index contributed by atoms with van der Waals surface area (Å²) in [6.45, 7) is 0. The molecule has 0 atom stereocenters. The average molecular weight is 840 g/mol. The van der Waals surface area contributed by atoms with Crippen molar-refractivity contribution in [3.05, 3.63) is 230 Å². The van der Waals surface area contributed by atoms with Gasteiger partial charge in [0.15, 0.2) is 0 Å². The van der Waals surface area contributed by atoms with E-state index >= 15 is 0 Å². The second-order valence-corrected chi connectivity index (χ2v) is 18.5. The van der Waals surface area contributed by atoms with Gasteiger partial charge < -0.3 is 4.90 Å². The average Bonchev–Trinajstić information content (AvgIpc) is 3.94. The summed E-state index contributed by atoms with van der Waals surface area (Å²) in [7, 11) is 0. The molecule has 0 amide bonds. The Morgan fingerprint density at radius 3 is 1.29 bits per heavy atom. The molecule has 63 heavy (non-hydrogen) atoms. The van der Waals surface area contributed by atoms with Crippen molar-refractivity contribution in [3.8, 4) is 44.5 Å². The third kappa shape index (κ3) is 6.87. The van der Waals surface area contributed by atoms with Crippen molar-refractivity contribution < 1.29 is 0 Å². The van der Waals surface area contributed by atoms with Crippen LogP contribution in [0, 0.1) is 0 Å². The van der Waals surface area contributed by atoms with Crippen LogP contribution in [-0.2, 0) is 0 Å². The first-order chi connectivity index (χ1) is 31.2. The molecular formula is C60H41NS2. The minimum absolute atomic E-state index is 1.05. The van der Waals surface area contributed by atoms with Gasteiger partial charge in [-0.05, 0) is 117 Å². The molecule has 2 aromatic heterocycles. The minimum atomic E-state index is 1.05. The van der Waals surface area contributed by atoms with Crippen LogP contribution in [-0.4, -0.2) is 0 Å². The quantitative estimate of drug-likeness (QED) is 0.147. The van der Waals surface area contributed by atoms with E-state index in [1.807, 2.05) is 22.7 Å². The molecule has 1 nitrogen and oxygen atoms in total. The number of rotatable bonds is 8. The highest BCUT2D eigenvalue weighted by Crippen LogP contribution is 2.43. The molecule has 1 aliphatic carbocycles. The van der Waals surface area contributed by atoms with Crippen molar-refractivity contribution in [2.75, 3.05) is 4.90 Å². The van der Waals surface area contributed by atoms with E-state index in [-0.39, 0.29) is 0 Å². The van der Waals surface area contributed by atoms with Crippen LogP contribution in [0.1, 0.15) is 18.4 Å². The summed E-state index contributed by atoms with van der Waals surface area (Å²) in [4.78, 5) is 2.39. The van der Waals surface area contributed by atoms with E-state index in [2.05, 4.69) is 229 Å². The summed E-state index contributed by atoms with van der Waals surface area (Å²) in [5.41, 5.74) is 15.9. The first-order valence-electron chi connectivity index (χ1n) is 21.7. The molecule has 0 aliphatic heterocycles. The summed E-state index contributed by atoms with van der Waals surface area (Å²) in [5.74, 6) is 0. The minimum Gasteiger partial charge on any atom is -0.310 e. The standard InChI is InChI=1S/C60H41NS2/c1-2-11-40(12-3-1)47-13-8-14-50(39-47)61(48-35-31-43(32-36-48)41-23-27-45(28-24-41)51-17-9-19-55-53-15-4-6-21-57(53)62-59(51)55)49-37-33-44(34-38-49)42-25-29-46(30-26-42)52-18-10-20-56-54-16-5-7-22-58(54)63-60(52)56/h1-2,4-11,13-39H,3,12H2. The second-order valence-electron chi connectivity index (χ2n) is 16.4. The fraction of sp³-hybridized carbons (Fsp3) is 0.0333. The number of fused-ring (bicyclic) bond motifs is 6. The molecule has 0 radical (unpaired) electrons. The van der Waals surface area contributed by atoms with E-state index in [0.29, 0.717) is 0 Å². The van der Waals surface area contributed by atoms with Crippen LogP contribution in [0.25, 0.3) is 90.4 Å². The van der Waals surface area contributed by atoms with Crippen LogP contribution in [0.3, 0.4) is 0 Å². The second kappa shape index (κ2) is 15.9. The number of nitrogens with zero attached hydrogens (tertiary/aromatic N) is 1. The molecular weight excluding hydrogens is 799 g/mol. The molecule has 1 aliphatic rings. The van der Waals surface area contributed by atoms with Crippen LogP contribution in [0.15, 0.2) is 224 Å². The fourth-order valence-electron chi connectivity index (χ4n) is 9.37. The third-order valence-corrected chi connectivity index (χ3v) is 15.0. The van der Waals surface area contributed by atoms with Gasteiger partial charge in [0, 0.05) is 57.4 Å². The lowest BCUT2D eigenvalue weighted by molar-refractivity contribution is 1.05. The zero-order valence-corrected chi connectivity index (χ0v) is 36.2. The van der Waals surface area contributed by atoms with Gasteiger partial charge in [0.2, 0.25) is 0 Å². The highest BCUT2D eigenvalue weighted by molar-refractivity contribution is 7.26. The Kier molecular flexibility index (Phi) is 9.44. The van der Waals surface area contributed by atoms with Crippen LogP contribution in [0.2, 0.25) is 0 Å². The lowest BCUT2D eigenvalue weighted by Crippen LogP contribution is -2.10. The van der Waals surface area contributed by atoms with E-state index in [4.69, 9.17) is 0 Å². The van der Waals surface area contributed by atoms with Crippen LogP contribution in [0.4, 0.5) is 17.1 Å². The van der Waals surface area contributed by atoms with Crippen molar-refractivity contribution in [1.29, 1.82) is 0 Å². The zero-order chi connectivity index (χ0) is 41.7. The van der Waals surface area contributed by atoms with Gasteiger partial charge in [-0.3, -0.25) is 0 Å². The largest absolute Gasteiger partial charge is 0.310 e. The normalized spacial score (nSPS) is 12.7. The van der Waals surface area contributed by atoms with Gasteiger partial charge in [0.05, 0.1) is 0 Å². The molecule has 3 heteroatoms. The first kappa shape index (κ1) is 37.5. The lowest BCUT2D eigenvalue weighted by atomic mass is 9.96. The Labute approximate surface area is 375 Å². The molecule has 0 spiro atoms. The van der Waals surface area contributed by atoms with Crippen molar-refractivity contribution in [3.63, 3.8) is 0 Å². The lowest BCUT2D eigenvalue weighted by Gasteiger charge is -2.27. The maximum Gasteiger partial charge on any atom is 0.0467 e. The van der Waals surface area contributed by atoms with E-state index in [9.17, 15) is 0 Å². The van der Waals surface area contributed by atoms with Gasteiger partial charge >= 0.3 is 0 Å². The number of allylic oxidation sites excluding steroid dienone is 4. The van der Waals surface area contributed by atoms with Crippen LogP contribution in [0.5, 0.6) is 0 Å². The molecule has 0 bridgehead atoms. The summed E-state index contributed by atoms with van der Waals surface area (Å²) < 4.78 is 5.36. The van der Waals surface area contributed by atoms with Gasteiger partial charge in [-0.25, -0.2) is 0 Å². The number of thiophene rings is 2. The summed E-state index contributed by atoms with van der Waals surface area (Å²) in [5, 5.41) is 5.32. The number of benzene rings is 9. The van der Waals surface area contributed by atoms with Gasteiger partial charge in [0.25, 0.3) is 0 Å². The number of hydrogen-bond donors (Lipinski definition) is 0. The maximum absolute atomic E-state index is 2.39. The molecule has 9 aromatic carbocycles. The molecule has 0 fully saturated rings. The molecule has 0 saturated carbocycles. The van der Waals surface area contributed by atoms with Crippen molar-refractivity contribution in [2.45, 2.75) is 12.8 Å². The summed E-state index contributed by atoms with van der Waals surface area (Å²) in [6, 6.07) is 76.1. The Balaban J connectivity index is 0.855. The van der Waals surface area contributed by atoms with Gasteiger partial charge in [-0.15, -0.1) is 22.7 Å². The highest BCUT2D eigenvalue weighted by atomic mass is 32.1.